The quantitative estimate of drug-likeness (QED) is 0.381. The van der Waals surface area contributed by atoms with E-state index in [0.29, 0.717) is 39.5 Å². The monoisotopic (exact) mass is 500 g/mol. The molecule has 0 saturated carbocycles. The molecule has 1 unspecified atom stereocenters. The zero-order valence-corrected chi connectivity index (χ0v) is 21.1. The lowest BCUT2D eigenvalue weighted by molar-refractivity contribution is -0.139. The number of carbonyl (C=O) groups is 2. The molecule has 1 aliphatic heterocycles. The third-order valence-corrected chi connectivity index (χ3v) is 6.71. The minimum absolute atomic E-state index is 0.0757. The molecule has 1 heterocycles. The average molecular weight is 501 g/mol. The van der Waals surface area contributed by atoms with Crippen LogP contribution in [0.15, 0.2) is 107 Å². The Bertz CT molecular complexity index is 1280. The van der Waals surface area contributed by atoms with Crippen LogP contribution in [0.1, 0.15) is 48.8 Å². The van der Waals surface area contributed by atoms with Crippen LogP contribution in [0.4, 0.5) is 0 Å². The number of carbonyl (C=O) groups excluding carboxylic acids is 2. The Labute approximate surface area is 216 Å². The van der Waals surface area contributed by atoms with Crippen LogP contribution in [0, 0.1) is 0 Å². The standard InChI is InChI=1S/C30H29ClN2O3/c1-19-26(29(32)34)28(23-14-9-15-24(31)18-23)27(20(2)33-19)30(35)36-17-16-25(21-10-5-3-6-11-21)22-12-7-4-8-13-22/h3-15,18,25,28,33H,16-17H2,1-2H3,(H2,32,34). The molecule has 1 amide bonds. The number of nitrogens with two attached hydrogens (primary N) is 1. The number of esters is 1. The second-order valence-electron chi connectivity index (χ2n) is 8.85. The number of allylic oxidation sites excluding steroid dienone is 2. The summed E-state index contributed by atoms with van der Waals surface area (Å²) in [5, 5.41) is 3.64. The molecule has 0 aromatic heterocycles. The number of hydrogen-bond acceptors (Lipinski definition) is 4. The molecule has 0 spiro atoms. The molecule has 4 rings (SSSR count). The van der Waals surface area contributed by atoms with Gasteiger partial charge in [0.25, 0.3) is 0 Å². The SMILES string of the molecule is CC1=C(C(N)=O)C(c2cccc(Cl)c2)C(C(=O)OCCC(c2ccccc2)c2ccccc2)=C(C)N1. The van der Waals surface area contributed by atoms with Gasteiger partial charge in [-0.05, 0) is 49.1 Å². The third kappa shape index (κ3) is 5.52. The predicted molar refractivity (Wildman–Crippen MR) is 142 cm³/mol. The Kier molecular flexibility index (Phi) is 7.91. The molecule has 0 radical (unpaired) electrons. The smallest absolute Gasteiger partial charge is 0.336 e. The first-order valence-corrected chi connectivity index (χ1v) is 12.3. The number of primary amides is 1. The molecule has 0 saturated heterocycles. The van der Waals surface area contributed by atoms with Gasteiger partial charge in [0, 0.05) is 27.9 Å². The van der Waals surface area contributed by atoms with Gasteiger partial charge in [0.05, 0.1) is 18.1 Å². The van der Waals surface area contributed by atoms with Crippen molar-refractivity contribution < 1.29 is 14.3 Å². The zero-order chi connectivity index (χ0) is 25.7. The van der Waals surface area contributed by atoms with Crippen LogP contribution in [0.5, 0.6) is 0 Å². The van der Waals surface area contributed by atoms with E-state index in [1.54, 1.807) is 32.0 Å². The van der Waals surface area contributed by atoms with Crippen molar-refractivity contribution in [3.8, 4) is 0 Å². The minimum Gasteiger partial charge on any atom is -0.462 e. The predicted octanol–water partition coefficient (Wildman–Crippen LogP) is 5.83. The second kappa shape index (κ2) is 11.3. The number of hydrogen-bond donors (Lipinski definition) is 2. The first-order valence-electron chi connectivity index (χ1n) is 11.9. The van der Waals surface area contributed by atoms with Crippen LogP contribution < -0.4 is 11.1 Å². The number of amides is 1. The molecule has 6 heteroatoms. The van der Waals surface area contributed by atoms with Gasteiger partial charge >= 0.3 is 5.97 Å². The number of rotatable bonds is 8. The Morgan fingerprint density at radius 3 is 2.03 bits per heavy atom. The lowest BCUT2D eigenvalue weighted by Crippen LogP contribution is -2.34. The lowest BCUT2D eigenvalue weighted by Gasteiger charge is -2.30. The molecule has 1 aliphatic rings. The summed E-state index contributed by atoms with van der Waals surface area (Å²) < 4.78 is 5.83. The van der Waals surface area contributed by atoms with E-state index in [-0.39, 0.29) is 12.5 Å². The Hall–Kier alpha value is -3.83. The van der Waals surface area contributed by atoms with E-state index in [1.165, 1.54) is 0 Å². The third-order valence-electron chi connectivity index (χ3n) is 6.47. The molecule has 1 atom stereocenters. The molecular formula is C30H29ClN2O3. The van der Waals surface area contributed by atoms with Crippen molar-refractivity contribution in [1.82, 2.24) is 5.32 Å². The highest BCUT2D eigenvalue weighted by Crippen LogP contribution is 2.39. The molecule has 36 heavy (non-hydrogen) atoms. The Balaban J connectivity index is 1.59. The molecule has 0 bridgehead atoms. The molecule has 0 aliphatic carbocycles. The number of halogens is 1. The fourth-order valence-electron chi connectivity index (χ4n) is 4.85. The van der Waals surface area contributed by atoms with E-state index in [4.69, 9.17) is 22.1 Å². The van der Waals surface area contributed by atoms with Gasteiger partial charge in [-0.3, -0.25) is 4.79 Å². The van der Waals surface area contributed by atoms with E-state index in [0.717, 1.165) is 11.1 Å². The van der Waals surface area contributed by atoms with Gasteiger partial charge in [-0.2, -0.15) is 0 Å². The van der Waals surface area contributed by atoms with Crippen molar-refractivity contribution >= 4 is 23.5 Å². The molecule has 3 aromatic rings. The summed E-state index contributed by atoms with van der Waals surface area (Å²) in [7, 11) is 0. The molecular weight excluding hydrogens is 472 g/mol. The molecule has 0 fully saturated rings. The van der Waals surface area contributed by atoms with Crippen LogP contribution in [0.3, 0.4) is 0 Å². The van der Waals surface area contributed by atoms with Gasteiger partial charge in [0.2, 0.25) is 5.91 Å². The van der Waals surface area contributed by atoms with Crippen LogP contribution in [-0.4, -0.2) is 18.5 Å². The highest BCUT2D eigenvalue weighted by molar-refractivity contribution is 6.30. The van der Waals surface area contributed by atoms with E-state index in [2.05, 4.69) is 29.6 Å². The lowest BCUT2D eigenvalue weighted by atomic mass is 9.80. The van der Waals surface area contributed by atoms with E-state index in [9.17, 15) is 9.59 Å². The minimum atomic E-state index is -0.672. The summed E-state index contributed by atoms with van der Waals surface area (Å²) in [5.41, 5.74) is 10.7. The summed E-state index contributed by atoms with van der Waals surface area (Å²) in [6, 6.07) is 27.4. The van der Waals surface area contributed by atoms with Gasteiger partial charge in [0.15, 0.2) is 0 Å². The number of nitrogens with one attached hydrogen (secondary N) is 1. The second-order valence-corrected chi connectivity index (χ2v) is 9.29. The number of benzene rings is 3. The normalized spacial score (nSPS) is 15.6. The molecule has 5 nitrogen and oxygen atoms in total. The largest absolute Gasteiger partial charge is 0.462 e. The zero-order valence-electron chi connectivity index (χ0n) is 20.3. The van der Waals surface area contributed by atoms with Crippen molar-refractivity contribution in [3.05, 3.63) is 129 Å². The van der Waals surface area contributed by atoms with Gasteiger partial charge in [-0.25, -0.2) is 4.79 Å². The van der Waals surface area contributed by atoms with E-state index >= 15 is 0 Å². The summed E-state index contributed by atoms with van der Waals surface area (Å²) >= 11 is 6.25. The van der Waals surface area contributed by atoms with Crippen LogP contribution in [0.2, 0.25) is 5.02 Å². The van der Waals surface area contributed by atoms with Crippen molar-refractivity contribution in [1.29, 1.82) is 0 Å². The van der Waals surface area contributed by atoms with Gasteiger partial charge < -0.3 is 15.8 Å². The van der Waals surface area contributed by atoms with Gasteiger partial charge in [-0.1, -0.05) is 84.4 Å². The highest BCUT2D eigenvalue weighted by atomic mass is 35.5. The maximum absolute atomic E-state index is 13.5. The first-order chi connectivity index (χ1) is 17.4. The Morgan fingerprint density at radius 1 is 0.889 bits per heavy atom. The van der Waals surface area contributed by atoms with Crippen molar-refractivity contribution in [2.24, 2.45) is 5.73 Å². The first kappa shape index (κ1) is 25.3. The van der Waals surface area contributed by atoms with Crippen molar-refractivity contribution in [2.75, 3.05) is 6.61 Å². The van der Waals surface area contributed by atoms with Gasteiger partial charge in [0.1, 0.15) is 0 Å². The number of ether oxygens (including phenoxy) is 1. The number of dihydropyridines is 1. The Morgan fingerprint density at radius 2 is 1.47 bits per heavy atom. The fraction of sp³-hybridized carbons (Fsp3) is 0.200. The van der Waals surface area contributed by atoms with Crippen LogP contribution in [-0.2, 0) is 14.3 Å². The topological polar surface area (TPSA) is 81.4 Å². The van der Waals surface area contributed by atoms with E-state index in [1.807, 2.05) is 42.5 Å². The summed E-state index contributed by atoms with van der Waals surface area (Å²) in [6.45, 7) is 3.78. The van der Waals surface area contributed by atoms with E-state index < -0.39 is 17.8 Å². The summed E-state index contributed by atoms with van der Waals surface area (Å²) in [6.07, 6.45) is 0.610. The average Bonchev–Trinajstić information content (AvgIpc) is 2.87. The summed E-state index contributed by atoms with van der Waals surface area (Å²) in [5.74, 6) is -1.69. The molecule has 3 aromatic carbocycles. The van der Waals surface area contributed by atoms with Crippen LogP contribution in [0.25, 0.3) is 0 Å². The molecule has 3 N–H and O–H groups in total. The fourth-order valence-corrected chi connectivity index (χ4v) is 5.05. The maximum atomic E-state index is 13.5. The van der Waals surface area contributed by atoms with Crippen molar-refractivity contribution in [2.45, 2.75) is 32.1 Å². The van der Waals surface area contributed by atoms with Gasteiger partial charge in [-0.15, -0.1) is 0 Å². The highest BCUT2D eigenvalue weighted by Gasteiger charge is 2.36. The maximum Gasteiger partial charge on any atom is 0.336 e. The van der Waals surface area contributed by atoms with Crippen LogP contribution >= 0.6 is 11.6 Å². The molecule has 184 valence electrons. The summed E-state index contributed by atoms with van der Waals surface area (Å²) in [4.78, 5) is 25.9. The van der Waals surface area contributed by atoms with Crippen molar-refractivity contribution in [3.63, 3.8) is 0 Å².